The summed E-state index contributed by atoms with van der Waals surface area (Å²) < 4.78 is 13.7. The van der Waals surface area contributed by atoms with Crippen LogP contribution < -0.4 is 11.1 Å². The Morgan fingerprint density at radius 2 is 1.76 bits per heavy atom. The predicted molar refractivity (Wildman–Crippen MR) is 81.0 cm³/mol. The zero-order valence-corrected chi connectivity index (χ0v) is 12.0. The monoisotopic (exact) mass is 286 g/mol. The van der Waals surface area contributed by atoms with Gasteiger partial charge in [-0.2, -0.15) is 0 Å². The van der Waals surface area contributed by atoms with Gasteiger partial charge in [-0.25, -0.2) is 4.39 Å². The second kappa shape index (κ2) is 6.99. The van der Waals surface area contributed by atoms with E-state index in [-0.39, 0.29) is 24.2 Å². The van der Waals surface area contributed by atoms with E-state index in [0.29, 0.717) is 12.1 Å². The molecule has 0 aliphatic carbocycles. The molecule has 0 spiro atoms. The van der Waals surface area contributed by atoms with Crippen molar-refractivity contribution < 1.29 is 9.18 Å². The van der Waals surface area contributed by atoms with Gasteiger partial charge >= 0.3 is 0 Å². The normalized spacial score (nSPS) is 12.0. The van der Waals surface area contributed by atoms with Crippen molar-refractivity contribution in [3.05, 3.63) is 71.0 Å². The van der Waals surface area contributed by atoms with Crippen LogP contribution in [0, 0.1) is 5.82 Å². The third kappa shape index (κ3) is 3.89. The molecule has 110 valence electrons. The van der Waals surface area contributed by atoms with Gasteiger partial charge < -0.3 is 11.1 Å². The van der Waals surface area contributed by atoms with Gasteiger partial charge in [0.2, 0.25) is 5.91 Å². The highest BCUT2D eigenvalue weighted by Gasteiger charge is 2.14. The third-order valence-electron chi connectivity index (χ3n) is 3.44. The molecular formula is C17H19FN2O. The van der Waals surface area contributed by atoms with Crippen molar-refractivity contribution in [2.24, 2.45) is 5.73 Å². The zero-order valence-electron chi connectivity index (χ0n) is 12.0. The lowest BCUT2D eigenvalue weighted by atomic mass is 10.0. The molecule has 0 saturated heterocycles. The lowest BCUT2D eigenvalue weighted by Gasteiger charge is -2.15. The van der Waals surface area contributed by atoms with E-state index in [1.54, 1.807) is 25.1 Å². The summed E-state index contributed by atoms with van der Waals surface area (Å²) in [5, 5.41) is 2.82. The summed E-state index contributed by atoms with van der Waals surface area (Å²) in [5.41, 5.74) is 7.99. The zero-order chi connectivity index (χ0) is 15.2. The Hall–Kier alpha value is -2.20. The molecule has 3 N–H and O–H groups in total. The van der Waals surface area contributed by atoms with Crippen LogP contribution in [0.3, 0.4) is 0 Å². The van der Waals surface area contributed by atoms with E-state index in [1.807, 2.05) is 24.3 Å². The van der Waals surface area contributed by atoms with Crippen molar-refractivity contribution in [3.8, 4) is 0 Å². The molecular weight excluding hydrogens is 267 g/mol. The van der Waals surface area contributed by atoms with Crippen molar-refractivity contribution >= 4 is 5.91 Å². The highest BCUT2D eigenvalue weighted by Crippen LogP contribution is 2.16. The highest BCUT2D eigenvalue weighted by atomic mass is 19.1. The molecule has 21 heavy (non-hydrogen) atoms. The van der Waals surface area contributed by atoms with Crippen LogP contribution in [0.1, 0.15) is 29.7 Å². The smallest absolute Gasteiger partial charge is 0.224 e. The first-order valence-electron chi connectivity index (χ1n) is 6.92. The summed E-state index contributed by atoms with van der Waals surface area (Å²) in [4.78, 5) is 12.1. The van der Waals surface area contributed by atoms with Crippen molar-refractivity contribution in [1.29, 1.82) is 0 Å². The van der Waals surface area contributed by atoms with Crippen LogP contribution in [-0.2, 0) is 17.8 Å². The van der Waals surface area contributed by atoms with Crippen LogP contribution in [0.15, 0.2) is 48.5 Å². The van der Waals surface area contributed by atoms with E-state index in [9.17, 15) is 9.18 Å². The quantitative estimate of drug-likeness (QED) is 0.888. The van der Waals surface area contributed by atoms with Crippen molar-refractivity contribution in [1.82, 2.24) is 5.32 Å². The van der Waals surface area contributed by atoms with E-state index in [1.165, 1.54) is 6.07 Å². The van der Waals surface area contributed by atoms with Crippen LogP contribution in [0.5, 0.6) is 0 Å². The Morgan fingerprint density at radius 1 is 1.14 bits per heavy atom. The molecule has 1 amide bonds. The van der Waals surface area contributed by atoms with Gasteiger partial charge in [-0.05, 0) is 24.1 Å². The molecule has 1 atom stereocenters. The molecule has 2 aromatic rings. The molecule has 4 heteroatoms. The first-order chi connectivity index (χ1) is 10.1. The largest absolute Gasteiger partial charge is 0.349 e. The number of benzene rings is 2. The van der Waals surface area contributed by atoms with Crippen LogP contribution >= 0.6 is 0 Å². The van der Waals surface area contributed by atoms with Gasteiger partial charge in [-0.1, -0.05) is 42.5 Å². The average Bonchev–Trinajstić information content (AvgIpc) is 2.48. The molecule has 0 saturated carbocycles. The van der Waals surface area contributed by atoms with E-state index < -0.39 is 0 Å². The second-order valence-electron chi connectivity index (χ2n) is 4.96. The molecule has 0 fully saturated rings. The lowest BCUT2D eigenvalue weighted by Crippen LogP contribution is -2.29. The maximum atomic E-state index is 13.7. The summed E-state index contributed by atoms with van der Waals surface area (Å²) in [6.45, 7) is 2.16. The van der Waals surface area contributed by atoms with Gasteiger partial charge in [0.25, 0.3) is 0 Å². The molecule has 2 aromatic carbocycles. The third-order valence-corrected chi connectivity index (χ3v) is 3.44. The van der Waals surface area contributed by atoms with E-state index >= 15 is 0 Å². The molecule has 0 radical (unpaired) electrons. The van der Waals surface area contributed by atoms with Gasteiger partial charge in [0.05, 0.1) is 12.5 Å². The summed E-state index contributed by atoms with van der Waals surface area (Å²) in [7, 11) is 0. The SMILES string of the molecule is C[C@@H](NC(=O)Cc1ccccc1CN)c1ccccc1F. The number of halogens is 1. The fourth-order valence-electron chi connectivity index (χ4n) is 2.30. The standard InChI is InChI=1S/C17H19FN2O/c1-12(15-8-4-5-9-16(15)18)20-17(21)10-13-6-2-3-7-14(13)11-19/h2-9,12H,10-11,19H2,1H3,(H,20,21)/t12-/m1/s1. The number of hydrogen-bond acceptors (Lipinski definition) is 2. The van der Waals surface area contributed by atoms with Gasteiger partial charge in [-0.3, -0.25) is 4.79 Å². The Kier molecular flexibility index (Phi) is 5.06. The summed E-state index contributed by atoms with van der Waals surface area (Å²) in [5.74, 6) is -0.459. The molecule has 0 aromatic heterocycles. The number of amides is 1. The molecule has 0 aliphatic heterocycles. The molecule has 0 heterocycles. The molecule has 0 bridgehead atoms. The number of nitrogens with one attached hydrogen (secondary N) is 1. The Bertz CT molecular complexity index is 628. The number of carbonyl (C=O) groups is 1. The minimum Gasteiger partial charge on any atom is -0.349 e. The van der Waals surface area contributed by atoms with E-state index in [4.69, 9.17) is 5.73 Å². The minimum absolute atomic E-state index is 0.147. The second-order valence-corrected chi connectivity index (χ2v) is 4.96. The molecule has 0 aliphatic rings. The summed E-state index contributed by atoms with van der Waals surface area (Å²) in [6.07, 6.45) is 0.242. The molecule has 2 rings (SSSR count). The Morgan fingerprint density at radius 3 is 2.43 bits per heavy atom. The fraction of sp³-hybridized carbons (Fsp3) is 0.235. The summed E-state index contributed by atoms with van der Waals surface area (Å²) >= 11 is 0. The fourth-order valence-corrected chi connectivity index (χ4v) is 2.30. The number of nitrogens with two attached hydrogens (primary N) is 1. The van der Waals surface area contributed by atoms with Gasteiger partial charge in [0, 0.05) is 12.1 Å². The van der Waals surface area contributed by atoms with E-state index in [0.717, 1.165) is 11.1 Å². The van der Waals surface area contributed by atoms with Crippen molar-refractivity contribution in [3.63, 3.8) is 0 Å². The molecule has 3 nitrogen and oxygen atoms in total. The Labute approximate surface area is 124 Å². The van der Waals surface area contributed by atoms with Gasteiger partial charge in [0.1, 0.15) is 5.82 Å². The predicted octanol–water partition coefficient (Wildman–Crippen LogP) is 2.70. The molecule has 0 unspecified atom stereocenters. The lowest BCUT2D eigenvalue weighted by molar-refractivity contribution is -0.121. The number of hydrogen-bond donors (Lipinski definition) is 2. The van der Waals surface area contributed by atoms with Crippen LogP contribution in [-0.4, -0.2) is 5.91 Å². The van der Waals surface area contributed by atoms with Crippen LogP contribution in [0.25, 0.3) is 0 Å². The van der Waals surface area contributed by atoms with E-state index in [2.05, 4.69) is 5.32 Å². The first-order valence-corrected chi connectivity index (χ1v) is 6.92. The van der Waals surface area contributed by atoms with Crippen LogP contribution in [0.4, 0.5) is 4.39 Å². The minimum atomic E-state index is -0.372. The van der Waals surface area contributed by atoms with Gasteiger partial charge in [0.15, 0.2) is 0 Å². The maximum Gasteiger partial charge on any atom is 0.224 e. The Balaban J connectivity index is 2.03. The number of carbonyl (C=O) groups excluding carboxylic acids is 1. The van der Waals surface area contributed by atoms with Gasteiger partial charge in [-0.15, -0.1) is 0 Å². The van der Waals surface area contributed by atoms with Crippen molar-refractivity contribution in [2.45, 2.75) is 25.9 Å². The topological polar surface area (TPSA) is 55.1 Å². The maximum absolute atomic E-state index is 13.7. The first kappa shape index (κ1) is 15.2. The average molecular weight is 286 g/mol. The van der Waals surface area contributed by atoms with Crippen LogP contribution in [0.2, 0.25) is 0 Å². The van der Waals surface area contributed by atoms with Crippen molar-refractivity contribution in [2.75, 3.05) is 0 Å². The summed E-state index contributed by atoms with van der Waals surface area (Å²) in [6, 6.07) is 13.6. The number of rotatable bonds is 5. The highest BCUT2D eigenvalue weighted by molar-refractivity contribution is 5.79.